The summed E-state index contributed by atoms with van der Waals surface area (Å²) in [6.45, 7) is 15.3. The normalized spacial score (nSPS) is 23.2. The van der Waals surface area contributed by atoms with Gasteiger partial charge in [-0.3, -0.25) is 9.80 Å². The molecule has 0 bridgehead atoms. The van der Waals surface area contributed by atoms with Gasteiger partial charge in [0, 0.05) is 38.8 Å². The highest BCUT2D eigenvalue weighted by Crippen LogP contribution is 2.16. The molecule has 0 spiro atoms. The number of rotatable bonds is 8. The number of guanidine groups is 1. The van der Waals surface area contributed by atoms with Crippen molar-refractivity contribution in [1.82, 2.24) is 20.4 Å². The second-order valence-electron chi connectivity index (χ2n) is 8.24. The second kappa shape index (κ2) is 13.5. The molecule has 2 aliphatic heterocycles. The lowest BCUT2D eigenvalue weighted by molar-refractivity contribution is -0.0212. The van der Waals surface area contributed by atoms with Crippen molar-refractivity contribution >= 4 is 29.9 Å². The first-order valence-electron chi connectivity index (χ1n) is 11.4. The molecule has 2 saturated heterocycles. The zero-order valence-corrected chi connectivity index (χ0v) is 21.2. The highest BCUT2D eigenvalue weighted by atomic mass is 127. The molecule has 0 amide bonds. The van der Waals surface area contributed by atoms with Crippen LogP contribution >= 0.6 is 24.0 Å². The Hall–Kier alpha value is -0.900. The molecule has 30 heavy (non-hydrogen) atoms. The Bertz CT molecular complexity index is 656. The number of ether oxygens (including phenoxy) is 1. The molecular weight excluding hydrogens is 489 g/mol. The molecule has 0 saturated carbocycles. The van der Waals surface area contributed by atoms with Crippen LogP contribution in [-0.4, -0.2) is 73.8 Å². The third-order valence-corrected chi connectivity index (χ3v) is 5.90. The first-order valence-corrected chi connectivity index (χ1v) is 11.4. The minimum absolute atomic E-state index is 0. The van der Waals surface area contributed by atoms with E-state index >= 15 is 0 Å². The molecule has 2 unspecified atom stereocenters. The predicted molar refractivity (Wildman–Crippen MR) is 136 cm³/mol. The van der Waals surface area contributed by atoms with E-state index in [-0.39, 0.29) is 24.0 Å². The molecule has 2 heterocycles. The van der Waals surface area contributed by atoms with Crippen LogP contribution in [-0.2, 0) is 17.8 Å². The molecule has 2 N–H and O–H groups in total. The summed E-state index contributed by atoms with van der Waals surface area (Å²) in [7, 11) is 0. The third kappa shape index (κ3) is 7.98. The van der Waals surface area contributed by atoms with E-state index in [1.165, 1.54) is 30.5 Å². The fourth-order valence-electron chi connectivity index (χ4n) is 4.39. The van der Waals surface area contributed by atoms with Crippen molar-refractivity contribution < 1.29 is 4.74 Å². The van der Waals surface area contributed by atoms with Crippen molar-refractivity contribution in [2.24, 2.45) is 4.99 Å². The van der Waals surface area contributed by atoms with Crippen LogP contribution in [0.1, 0.15) is 44.7 Å². The van der Waals surface area contributed by atoms with Gasteiger partial charge in [-0.2, -0.15) is 0 Å². The number of likely N-dealkylation sites (N-methyl/N-ethyl adjacent to an activating group) is 1. The lowest BCUT2D eigenvalue weighted by Gasteiger charge is -2.31. The molecule has 7 heteroatoms. The Kier molecular flexibility index (Phi) is 11.4. The second-order valence-corrected chi connectivity index (χ2v) is 8.24. The van der Waals surface area contributed by atoms with Gasteiger partial charge in [0.05, 0.1) is 19.3 Å². The number of benzene rings is 1. The number of nitrogens with one attached hydrogen (secondary N) is 2. The Morgan fingerprint density at radius 2 is 2.03 bits per heavy atom. The maximum absolute atomic E-state index is 5.65. The summed E-state index contributed by atoms with van der Waals surface area (Å²) in [5.41, 5.74) is 2.62. The van der Waals surface area contributed by atoms with Crippen LogP contribution < -0.4 is 10.6 Å². The molecule has 0 radical (unpaired) electrons. The van der Waals surface area contributed by atoms with Crippen molar-refractivity contribution in [2.45, 2.75) is 58.8 Å². The summed E-state index contributed by atoms with van der Waals surface area (Å²) in [5.74, 6) is 0.919. The summed E-state index contributed by atoms with van der Waals surface area (Å²) in [4.78, 5) is 9.88. The van der Waals surface area contributed by atoms with Crippen LogP contribution in [0.3, 0.4) is 0 Å². The Balaban J connectivity index is 0.00000320. The van der Waals surface area contributed by atoms with E-state index < -0.39 is 0 Å². The van der Waals surface area contributed by atoms with Crippen LogP contribution in [0.4, 0.5) is 0 Å². The van der Waals surface area contributed by atoms with Gasteiger partial charge in [0.25, 0.3) is 0 Å². The van der Waals surface area contributed by atoms with E-state index in [1.807, 2.05) is 0 Å². The minimum atomic E-state index is 0. The number of hydrogen-bond donors (Lipinski definition) is 2. The molecule has 2 fully saturated rings. The van der Waals surface area contributed by atoms with Crippen molar-refractivity contribution in [2.75, 3.05) is 45.9 Å². The van der Waals surface area contributed by atoms with Crippen LogP contribution in [0, 0.1) is 0 Å². The van der Waals surface area contributed by atoms with Crippen LogP contribution in [0.2, 0.25) is 0 Å². The SMILES string of the molecule is CCNC(=NCc1cccc(CN2CCOC(C)C2)c1)NCC1CCCN1CC.I. The van der Waals surface area contributed by atoms with Gasteiger partial charge in [0.2, 0.25) is 0 Å². The number of halogens is 1. The summed E-state index contributed by atoms with van der Waals surface area (Å²) in [6, 6.07) is 9.47. The first kappa shape index (κ1) is 25.4. The topological polar surface area (TPSA) is 52.1 Å². The average Bonchev–Trinajstić information content (AvgIpc) is 3.18. The van der Waals surface area contributed by atoms with Crippen molar-refractivity contribution in [1.29, 1.82) is 0 Å². The first-order chi connectivity index (χ1) is 14.2. The third-order valence-electron chi connectivity index (χ3n) is 5.90. The van der Waals surface area contributed by atoms with Crippen molar-refractivity contribution in [3.8, 4) is 0 Å². The molecule has 6 nitrogen and oxygen atoms in total. The van der Waals surface area contributed by atoms with E-state index in [2.05, 4.69) is 65.5 Å². The highest BCUT2D eigenvalue weighted by Gasteiger charge is 2.22. The zero-order chi connectivity index (χ0) is 20.5. The van der Waals surface area contributed by atoms with Crippen molar-refractivity contribution in [3.63, 3.8) is 0 Å². The number of likely N-dealkylation sites (tertiary alicyclic amines) is 1. The largest absolute Gasteiger partial charge is 0.376 e. The monoisotopic (exact) mass is 529 g/mol. The summed E-state index contributed by atoms with van der Waals surface area (Å²) >= 11 is 0. The van der Waals surface area contributed by atoms with Gasteiger partial charge in [-0.05, 0) is 50.9 Å². The molecule has 2 aliphatic rings. The zero-order valence-electron chi connectivity index (χ0n) is 18.9. The maximum atomic E-state index is 5.65. The van der Waals surface area contributed by atoms with E-state index in [0.717, 1.165) is 51.8 Å². The van der Waals surface area contributed by atoms with Gasteiger partial charge in [-0.1, -0.05) is 31.2 Å². The highest BCUT2D eigenvalue weighted by molar-refractivity contribution is 14.0. The summed E-state index contributed by atoms with van der Waals surface area (Å²) in [6.07, 6.45) is 2.92. The predicted octanol–water partition coefficient (Wildman–Crippen LogP) is 3.06. The number of aliphatic imine (C=N–C) groups is 1. The fourth-order valence-corrected chi connectivity index (χ4v) is 4.39. The van der Waals surface area contributed by atoms with Crippen LogP contribution in [0.5, 0.6) is 0 Å². The lowest BCUT2D eigenvalue weighted by Crippen LogP contribution is -2.44. The number of hydrogen-bond acceptors (Lipinski definition) is 4. The lowest BCUT2D eigenvalue weighted by atomic mass is 10.1. The quantitative estimate of drug-likeness (QED) is 0.308. The molecular formula is C23H40IN5O. The molecule has 170 valence electrons. The van der Waals surface area contributed by atoms with E-state index in [9.17, 15) is 0 Å². The van der Waals surface area contributed by atoms with Gasteiger partial charge in [0.15, 0.2) is 5.96 Å². The van der Waals surface area contributed by atoms with Gasteiger partial charge in [-0.25, -0.2) is 4.99 Å². The summed E-state index contributed by atoms with van der Waals surface area (Å²) < 4.78 is 5.65. The number of nitrogens with zero attached hydrogens (tertiary/aromatic N) is 3. The van der Waals surface area contributed by atoms with Gasteiger partial charge < -0.3 is 15.4 Å². The average molecular weight is 530 g/mol. The molecule has 2 atom stereocenters. The van der Waals surface area contributed by atoms with E-state index in [1.54, 1.807) is 0 Å². The Labute approximate surface area is 199 Å². The molecule has 1 aromatic rings. The Morgan fingerprint density at radius 3 is 2.80 bits per heavy atom. The van der Waals surface area contributed by atoms with Crippen LogP contribution in [0.15, 0.2) is 29.3 Å². The fraction of sp³-hybridized carbons (Fsp3) is 0.696. The Morgan fingerprint density at radius 1 is 1.20 bits per heavy atom. The molecule has 1 aromatic carbocycles. The van der Waals surface area contributed by atoms with E-state index in [4.69, 9.17) is 9.73 Å². The van der Waals surface area contributed by atoms with Gasteiger partial charge in [0.1, 0.15) is 0 Å². The van der Waals surface area contributed by atoms with Crippen LogP contribution in [0.25, 0.3) is 0 Å². The minimum Gasteiger partial charge on any atom is -0.376 e. The van der Waals surface area contributed by atoms with Crippen molar-refractivity contribution in [3.05, 3.63) is 35.4 Å². The smallest absolute Gasteiger partial charge is 0.191 e. The van der Waals surface area contributed by atoms with E-state index in [0.29, 0.717) is 18.7 Å². The molecule has 0 aromatic heterocycles. The standard InChI is InChI=1S/C23H39N5O.HI/c1-4-24-23(26-16-22-10-7-11-28(22)5-2)25-15-20-8-6-9-21(14-20)18-27-12-13-29-19(3)17-27;/h6,8-9,14,19,22H,4-5,7,10-13,15-18H2,1-3H3,(H2,24,25,26);1H. The number of morpholine rings is 1. The molecule has 0 aliphatic carbocycles. The van der Waals surface area contributed by atoms with Gasteiger partial charge >= 0.3 is 0 Å². The van der Waals surface area contributed by atoms with Gasteiger partial charge in [-0.15, -0.1) is 24.0 Å². The summed E-state index contributed by atoms with van der Waals surface area (Å²) in [5, 5.41) is 6.95. The maximum Gasteiger partial charge on any atom is 0.191 e. The molecule has 3 rings (SSSR count).